The van der Waals surface area contributed by atoms with Crippen molar-refractivity contribution in [3.8, 4) is 0 Å². The Bertz CT molecular complexity index is 1240. The van der Waals surface area contributed by atoms with Gasteiger partial charge in [-0.25, -0.2) is 0 Å². The van der Waals surface area contributed by atoms with E-state index < -0.39 is 20.7 Å². The quantitative estimate of drug-likeness (QED) is 0.309. The highest BCUT2D eigenvalue weighted by atomic mass is 16.6. The molecule has 6 saturated carbocycles. The number of nitro groups is 2. The second-order valence-corrected chi connectivity index (χ2v) is 10.9. The topological polar surface area (TPSA) is 139 Å². The third-order valence-electron chi connectivity index (χ3n) is 9.95. The minimum Gasteiger partial charge on any atom is -0.460 e. The molecule has 0 saturated heterocycles. The summed E-state index contributed by atoms with van der Waals surface area (Å²) < 4.78 is 11.4. The number of carbonyl (C=O) groups is 2. The number of carbonyl (C=O) groups excluding carboxylic acids is 2. The second-order valence-electron chi connectivity index (χ2n) is 10.9. The van der Waals surface area contributed by atoms with Gasteiger partial charge in [-0.15, -0.1) is 0 Å². The number of nitrogens with zero attached hydrogens (tertiary/aromatic N) is 2. The average molecular weight is 490 g/mol. The largest absolute Gasteiger partial charge is 0.460 e. The van der Waals surface area contributed by atoms with Crippen LogP contribution in [0.2, 0.25) is 0 Å². The Morgan fingerprint density at radius 1 is 0.694 bits per heavy atom. The number of ether oxygens (including phenoxy) is 2. The van der Waals surface area contributed by atoms with E-state index in [4.69, 9.17) is 9.47 Å². The van der Waals surface area contributed by atoms with Crippen molar-refractivity contribution in [2.45, 2.75) is 26.1 Å². The molecule has 0 radical (unpaired) electrons. The lowest BCUT2D eigenvalue weighted by Crippen LogP contribution is -2.75. The van der Waals surface area contributed by atoms with Gasteiger partial charge in [0.25, 0.3) is 11.4 Å². The molecule has 36 heavy (non-hydrogen) atoms. The van der Waals surface area contributed by atoms with E-state index in [1.165, 1.54) is 24.3 Å². The van der Waals surface area contributed by atoms with Crippen LogP contribution < -0.4 is 0 Å². The maximum Gasteiger partial charge on any atom is 0.313 e. The zero-order chi connectivity index (χ0) is 25.0. The van der Waals surface area contributed by atoms with E-state index in [0.717, 1.165) is 12.8 Å². The van der Waals surface area contributed by atoms with Crippen molar-refractivity contribution in [1.82, 2.24) is 0 Å². The first-order chi connectivity index (χ1) is 17.3. The van der Waals surface area contributed by atoms with E-state index >= 15 is 0 Å². The zero-order valence-corrected chi connectivity index (χ0v) is 19.1. The summed E-state index contributed by atoms with van der Waals surface area (Å²) in [7, 11) is 0. The van der Waals surface area contributed by atoms with E-state index in [-0.39, 0.29) is 60.2 Å². The molecule has 8 atom stereocenters. The summed E-state index contributed by atoms with van der Waals surface area (Å²) in [6, 6.07) is 12.0. The van der Waals surface area contributed by atoms with Gasteiger partial charge in [0.2, 0.25) is 0 Å². The van der Waals surface area contributed by atoms with Crippen LogP contribution in [0.3, 0.4) is 0 Å². The van der Waals surface area contributed by atoms with Crippen LogP contribution in [0.1, 0.15) is 24.0 Å². The van der Waals surface area contributed by atoms with E-state index in [1.807, 2.05) is 0 Å². The molecule has 10 nitrogen and oxygen atoms in total. The Morgan fingerprint density at radius 3 is 1.39 bits per heavy atom. The summed E-state index contributed by atoms with van der Waals surface area (Å²) in [5.41, 5.74) is 0.392. The van der Waals surface area contributed by atoms with Gasteiger partial charge < -0.3 is 9.47 Å². The van der Waals surface area contributed by atoms with Gasteiger partial charge >= 0.3 is 11.9 Å². The molecular weight excluding hydrogens is 468 g/mol. The number of rotatable bonds is 8. The van der Waals surface area contributed by atoms with Gasteiger partial charge in [0.1, 0.15) is 13.2 Å². The highest BCUT2D eigenvalue weighted by Gasteiger charge is 2.98. The first-order valence-corrected chi connectivity index (χ1v) is 12.1. The van der Waals surface area contributed by atoms with Gasteiger partial charge in [-0.2, -0.15) is 0 Å². The lowest BCUT2D eigenvalue weighted by Gasteiger charge is -2.71. The molecule has 0 N–H and O–H groups in total. The lowest BCUT2D eigenvalue weighted by atomic mass is 9.30. The predicted molar refractivity (Wildman–Crippen MR) is 121 cm³/mol. The summed E-state index contributed by atoms with van der Waals surface area (Å²) in [5, 5.41) is 21.7. The van der Waals surface area contributed by atoms with Crippen molar-refractivity contribution in [2.75, 3.05) is 0 Å². The van der Waals surface area contributed by atoms with Gasteiger partial charge in [-0.3, -0.25) is 29.8 Å². The fourth-order valence-corrected chi connectivity index (χ4v) is 8.99. The summed E-state index contributed by atoms with van der Waals surface area (Å²) in [6.07, 6.45) is 1.54. The standard InChI is InChI=1S/C26H22N2O8/c29-23(35-11-13-1-5-15(6-2-13)27(31)32)25-9-17-18-10-26(20(17)21(25)22(26)19(18)25)24(30)36-12-14-3-7-16(8-4-14)28(33)34/h1-8,17-22H,9-12H2. The van der Waals surface area contributed by atoms with Crippen molar-refractivity contribution in [3.05, 3.63) is 79.9 Å². The Labute approximate surface area is 204 Å². The third kappa shape index (κ3) is 2.37. The van der Waals surface area contributed by atoms with Crippen LogP contribution in [0.15, 0.2) is 48.5 Å². The SMILES string of the molecule is O=C(OCc1ccc([N+](=O)[O-])cc1)C12CC3C4CC5(C(=O)OCc6ccc([N+](=O)[O-])cc6)C3C1C5C42. The minimum absolute atomic E-state index is 0.00929. The first kappa shape index (κ1) is 21.5. The molecule has 6 fully saturated rings. The summed E-state index contributed by atoms with van der Waals surface area (Å²) >= 11 is 0. The molecule has 2 aromatic rings. The zero-order valence-electron chi connectivity index (χ0n) is 19.1. The molecule has 2 aromatic carbocycles. The van der Waals surface area contributed by atoms with Crippen LogP contribution in [-0.2, 0) is 32.3 Å². The third-order valence-corrected chi connectivity index (χ3v) is 9.95. The number of hydrogen-bond acceptors (Lipinski definition) is 8. The molecule has 8 unspecified atom stereocenters. The van der Waals surface area contributed by atoms with Gasteiger partial charge in [0.15, 0.2) is 0 Å². The maximum atomic E-state index is 13.3. The lowest BCUT2D eigenvalue weighted by molar-refractivity contribution is -0.385. The van der Waals surface area contributed by atoms with Crippen molar-refractivity contribution < 1.29 is 28.9 Å². The highest BCUT2D eigenvalue weighted by molar-refractivity contribution is 5.89. The molecule has 6 aliphatic carbocycles. The monoisotopic (exact) mass is 490 g/mol. The second kappa shape index (κ2) is 6.89. The molecule has 0 aliphatic heterocycles. The van der Waals surface area contributed by atoms with Gasteiger partial charge in [-0.1, -0.05) is 0 Å². The molecule has 0 spiro atoms. The van der Waals surface area contributed by atoms with Gasteiger partial charge in [0, 0.05) is 24.3 Å². The number of esters is 2. The Kier molecular flexibility index (Phi) is 4.11. The molecule has 0 heterocycles. The van der Waals surface area contributed by atoms with Crippen LogP contribution in [0.25, 0.3) is 0 Å². The fourth-order valence-electron chi connectivity index (χ4n) is 8.99. The van der Waals surface area contributed by atoms with Crippen LogP contribution in [-0.4, -0.2) is 21.8 Å². The smallest absolute Gasteiger partial charge is 0.313 e. The van der Waals surface area contributed by atoms with Gasteiger partial charge in [0.05, 0.1) is 20.7 Å². The fraction of sp³-hybridized carbons (Fsp3) is 0.462. The number of hydrogen-bond donors (Lipinski definition) is 0. The van der Waals surface area contributed by atoms with E-state index in [9.17, 15) is 29.8 Å². The Hall–Kier alpha value is -3.82. The molecule has 4 bridgehead atoms. The van der Waals surface area contributed by atoms with E-state index in [1.54, 1.807) is 24.3 Å². The Morgan fingerprint density at radius 2 is 1.06 bits per heavy atom. The molecule has 6 aliphatic rings. The molecule has 0 aromatic heterocycles. The molecule has 10 heteroatoms. The molecule has 8 rings (SSSR count). The normalized spacial score (nSPS) is 37.2. The van der Waals surface area contributed by atoms with Crippen LogP contribution in [0.5, 0.6) is 0 Å². The minimum atomic E-state index is -0.496. The average Bonchev–Trinajstić information content (AvgIpc) is 3.38. The van der Waals surface area contributed by atoms with Crippen molar-refractivity contribution in [3.63, 3.8) is 0 Å². The molecule has 0 amide bonds. The summed E-state index contributed by atoms with van der Waals surface area (Å²) in [6.45, 7) is 0.149. The summed E-state index contributed by atoms with van der Waals surface area (Å²) in [5.74, 6) is 0.967. The molecular formula is C26H22N2O8. The number of non-ortho nitro benzene ring substituents is 2. The predicted octanol–water partition coefficient (Wildman–Crippen LogP) is 3.81. The first-order valence-electron chi connectivity index (χ1n) is 12.1. The number of nitro benzene ring substituents is 2. The van der Waals surface area contributed by atoms with Crippen molar-refractivity contribution in [2.24, 2.45) is 46.3 Å². The highest BCUT2D eigenvalue weighted by Crippen LogP contribution is 2.97. The van der Waals surface area contributed by atoms with Gasteiger partial charge in [-0.05, 0) is 83.7 Å². The van der Waals surface area contributed by atoms with E-state index in [2.05, 4.69) is 0 Å². The van der Waals surface area contributed by atoms with E-state index in [0.29, 0.717) is 23.0 Å². The molecule has 184 valence electrons. The summed E-state index contributed by atoms with van der Waals surface area (Å²) in [4.78, 5) is 47.4. The van der Waals surface area contributed by atoms with Crippen LogP contribution >= 0.6 is 0 Å². The Balaban J connectivity index is 1.02. The van der Waals surface area contributed by atoms with Crippen molar-refractivity contribution >= 4 is 23.3 Å². The van der Waals surface area contributed by atoms with Crippen molar-refractivity contribution in [1.29, 1.82) is 0 Å². The van der Waals surface area contributed by atoms with Crippen LogP contribution in [0.4, 0.5) is 11.4 Å². The van der Waals surface area contributed by atoms with Crippen LogP contribution in [0, 0.1) is 66.6 Å². The maximum absolute atomic E-state index is 13.3. The number of benzene rings is 2.